The standard InChI is InChI=1S/C48H92O6/c1-6-8-9-10-11-12-13-14-15-16-17-18-22-28-33-38-46(49)52-41-45(42-53-47(50)39-34-29-25-24-27-32-37-44(5)7-2)54-48(51)40-35-30-23-20-19-21-26-31-36-43(3)4/h43-45H,6-42H2,1-5H3/t44?,45-/m0/s1. The van der Waals surface area contributed by atoms with Gasteiger partial charge in [0.25, 0.3) is 0 Å². The maximum Gasteiger partial charge on any atom is 0.306 e. The van der Waals surface area contributed by atoms with Gasteiger partial charge in [0.1, 0.15) is 13.2 Å². The van der Waals surface area contributed by atoms with E-state index in [4.69, 9.17) is 14.2 Å². The van der Waals surface area contributed by atoms with Gasteiger partial charge in [0.05, 0.1) is 0 Å². The van der Waals surface area contributed by atoms with Gasteiger partial charge in [-0.3, -0.25) is 14.4 Å². The van der Waals surface area contributed by atoms with Crippen LogP contribution in [0.4, 0.5) is 0 Å². The van der Waals surface area contributed by atoms with E-state index in [1.807, 2.05) is 0 Å². The Labute approximate surface area is 336 Å². The Kier molecular flexibility index (Phi) is 39.8. The number of esters is 3. The van der Waals surface area contributed by atoms with Gasteiger partial charge in [0.15, 0.2) is 6.10 Å². The average Bonchev–Trinajstić information content (AvgIpc) is 3.15. The Balaban J connectivity index is 4.31. The fraction of sp³-hybridized carbons (Fsp3) is 0.938. The van der Waals surface area contributed by atoms with Crippen molar-refractivity contribution in [1.29, 1.82) is 0 Å². The summed E-state index contributed by atoms with van der Waals surface area (Å²) in [7, 11) is 0. The second-order valence-electron chi connectivity index (χ2n) is 17.1. The molecule has 0 aliphatic carbocycles. The van der Waals surface area contributed by atoms with Crippen LogP contribution in [0.15, 0.2) is 0 Å². The first kappa shape index (κ1) is 52.4. The van der Waals surface area contributed by atoms with Crippen LogP contribution in [0.1, 0.15) is 259 Å². The van der Waals surface area contributed by atoms with Crippen molar-refractivity contribution in [1.82, 2.24) is 0 Å². The topological polar surface area (TPSA) is 78.9 Å². The average molecular weight is 765 g/mol. The minimum atomic E-state index is -0.761. The van der Waals surface area contributed by atoms with E-state index in [1.54, 1.807) is 0 Å². The molecular formula is C48H92O6. The third kappa shape index (κ3) is 40.1. The van der Waals surface area contributed by atoms with E-state index in [1.165, 1.54) is 148 Å². The van der Waals surface area contributed by atoms with Crippen molar-refractivity contribution >= 4 is 17.9 Å². The van der Waals surface area contributed by atoms with Gasteiger partial charge in [-0.25, -0.2) is 0 Å². The number of hydrogen-bond donors (Lipinski definition) is 0. The van der Waals surface area contributed by atoms with Crippen LogP contribution in [0.25, 0.3) is 0 Å². The molecule has 0 radical (unpaired) electrons. The zero-order valence-corrected chi connectivity index (χ0v) is 36.8. The third-order valence-corrected chi connectivity index (χ3v) is 11.1. The van der Waals surface area contributed by atoms with Gasteiger partial charge in [-0.05, 0) is 31.1 Å². The Morgan fingerprint density at radius 3 is 1.06 bits per heavy atom. The molecule has 54 heavy (non-hydrogen) atoms. The highest BCUT2D eigenvalue weighted by molar-refractivity contribution is 5.71. The summed E-state index contributed by atoms with van der Waals surface area (Å²) in [5.74, 6) is 0.748. The van der Waals surface area contributed by atoms with Gasteiger partial charge in [-0.15, -0.1) is 0 Å². The molecular weight excluding hydrogens is 673 g/mol. The second-order valence-corrected chi connectivity index (χ2v) is 17.1. The Morgan fingerprint density at radius 2 is 0.704 bits per heavy atom. The van der Waals surface area contributed by atoms with E-state index in [-0.39, 0.29) is 31.1 Å². The summed E-state index contributed by atoms with van der Waals surface area (Å²) in [6.45, 7) is 11.3. The van der Waals surface area contributed by atoms with E-state index in [0.29, 0.717) is 19.3 Å². The molecule has 320 valence electrons. The minimum absolute atomic E-state index is 0.0654. The number of hydrogen-bond acceptors (Lipinski definition) is 6. The van der Waals surface area contributed by atoms with E-state index in [2.05, 4.69) is 34.6 Å². The first-order chi connectivity index (χ1) is 26.3. The smallest absolute Gasteiger partial charge is 0.306 e. The van der Waals surface area contributed by atoms with Crippen molar-refractivity contribution in [2.24, 2.45) is 11.8 Å². The van der Waals surface area contributed by atoms with Crippen molar-refractivity contribution in [2.45, 2.75) is 265 Å². The molecule has 0 saturated heterocycles. The molecule has 0 amide bonds. The van der Waals surface area contributed by atoms with Crippen molar-refractivity contribution in [3.05, 3.63) is 0 Å². The molecule has 2 atom stereocenters. The summed E-state index contributed by atoms with van der Waals surface area (Å²) in [5, 5.41) is 0. The Bertz CT molecular complexity index is 826. The summed E-state index contributed by atoms with van der Waals surface area (Å²) < 4.78 is 16.7. The molecule has 6 heteroatoms. The molecule has 0 N–H and O–H groups in total. The maximum absolute atomic E-state index is 12.7. The number of carbonyl (C=O) groups is 3. The van der Waals surface area contributed by atoms with Crippen LogP contribution in [0, 0.1) is 11.8 Å². The van der Waals surface area contributed by atoms with Crippen LogP contribution in [-0.4, -0.2) is 37.2 Å². The third-order valence-electron chi connectivity index (χ3n) is 11.1. The van der Waals surface area contributed by atoms with Crippen LogP contribution in [0.2, 0.25) is 0 Å². The molecule has 0 aliphatic heterocycles. The van der Waals surface area contributed by atoms with Gasteiger partial charge >= 0.3 is 17.9 Å². The molecule has 0 aromatic heterocycles. The zero-order valence-electron chi connectivity index (χ0n) is 36.8. The van der Waals surface area contributed by atoms with E-state index in [0.717, 1.165) is 69.6 Å². The summed E-state index contributed by atoms with van der Waals surface area (Å²) >= 11 is 0. The summed E-state index contributed by atoms with van der Waals surface area (Å²) in [6.07, 6.45) is 39.5. The highest BCUT2D eigenvalue weighted by Crippen LogP contribution is 2.17. The molecule has 1 unspecified atom stereocenters. The molecule has 0 aromatic carbocycles. The molecule has 0 fully saturated rings. The molecule has 6 nitrogen and oxygen atoms in total. The molecule has 0 spiro atoms. The number of ether oxygens (including phenoxy) is 3. The molecule has 0 aromatic rings. The maximum atomic E-state index is 12.7. The fourth-order valence-electron chi connectivity index (χ4n) is 7.07. The van der Waals surface area contributed by atoms with Crippen molar-refractivity contribution in [3.8, 4) is 0 Å². The summed E-state index contributed by atoms with van der Waals surface area (Å²) in [6, 6.07) is 0. The van der Waals surface area contributed by atoms with Crippen LogP contribution in [-0.2, 0) is 28.6 Å². The minimum Gasteiger partial charge on any atom is -0.462 e. The van der Waals surface area contributed by atoms with Crippen molar-refractivity contribution in [2.75, 3.05) is 13.2 Å². The predicted octanol–water partition coefficient (Wildman–Crippen LogP) is 15.0. The van der Waals surface area contributed by atoms with Crippen molar-refractivity contribution in [3.63, 3.8) is 0 Å². The lowest BCUT2D eigenvalue weighted by molar-refractivity contribution is -0.167. The molecule has 0 heterocycles. The summed E-state index contributed by atoms with van der Waals surface area (Å²) in [4.78, 5) is 37.7. The lowest BCUT2D eigenvalue weighted by Gasteiger charge is -2.18. The van der Waals surface area contributed by atoms with Gasteiger partial charge in [0.2, 0.25) is 0 Å². The van der Waals surface area contributed by atoms with Gasteiger partial charge in [-0.1, -0.05) is 221 Å². The summed E-state index contributed by atoms with van der Waals surface area (Å²) in [5.41, 5.74) is 0. The number of carbonyl (C=O) groups excluding carboxylic acids is 3. The SMILES string of the molecule is CCCCCCCCCCCCCCCCCC(=O)OC[C@@H](COC(=O)CCCCCCCCC(C)CC)OC(=O)CCCCCCCCCCC(C)C. The van der Waals surface area contributed by atoms with Crippen LogP contribution in [0.3, 0.4) is 0 Å². The van der Waals surface area contributed by atoms with Crippen LogP contribution in [0.5, 0.6) is 0 Å². The quantitative estimate of drug-likeness (QED) is 0.0350. The molecule has 0 saturated carbocycles. The Hall–Kier alpha value is -1.59. The number of rotatable bonds is 42. The van der Waals surface area contributed by atoms with Gasteiger partial charge in [0, 0.05) is 19.3 Å². The van der Waals surface area contributed by atoms with Crippen LogP contribution < -0.4 is 0 Å². The molecule has 0 bridgehead atoms. The zero-order chi connectivity index (χ0) is 39.7. The molecule has 0 aliphatic rings. The largest absolute Gasteiger partial charge is 0.462 e. The fourth-order valence-corrected chi connectivity index (χ4v) is 7.07. The number of unbranched alkanes of at least 4 members (excludes halogenated alkanes) is 26. The highest BCUT2D eigenvalue weighted by atomic mass is 16.6. The highest BCUT2D eigenvalue weighted by Gasteiger charge is 2.19. The van der Waals surface area contributed by atoms with Crippen LogP contribution >= 0.6 is 0 Å². The molecule has 0 rings (SSSR count). The first-order valence-electron chi connectivity index (χ1n) is 23.8. The van der Waals surface area contributed by atoms with Gasteiger partial charge in [-0.2, -0.15) is 0 Å². The van der Waals surface area contributed by atoms with Crippen molar-refractivity contribution < 1.29 is 28.6 Å². The van der Waals surface area contributed by atoms with Gasteiger partial charge < -0.3 is 14.2 Å². The lowest BCUT2D eigenvalue weighted by Crippen LogP contribution is -2.30. The first-order valence-corrected chi connectivity index (χ1v) is 23.8. The van der Waals surface area contributed by atoms with E-state index >= 15 is 0 Å². The second kappa shape index (κ2) is 41.1. The van der Waals surface area contributed by atoms with E-state index in [9.17, 15) is 14.4 Å². The monoisotopic (exact) mass is 765 g/mol. The van der Waals surface area contributed by atoms with E-state index < -0.39 is 6.10 Å². The predicted molar refractivity (Wildman–Crippen MR) is 229 cm³/mol. The normalized spacial score (nSPS) is 12.6. The lowest BCUT2D eigenvalue weighted by atomic mass is 10.00. The Morgan fingerprint density at radius 1 is 0.389 bits per heavy atom.